The number of aryl methyl sites for hydroxylation is 2. The van der Waals surface area contributed by atoms with Crippen LogP contribution in [0.5, 0.6) is 0 Å². The van der Waals surface area contributed by atoms with Gasteiger partial charge in [0.15, 0.2) is 0 Å². The summed E-state index contributed by atoms with van der Waals surface area (Å²) in [5.74, 6) is 0.794. The maximum Gasteiger partial charge on any atom is 0.251 e. The van der Waals surface area contributed by atoms with E-state index in [9.17, 15) is 9.59 Å². The molecule has 1 aromatic carbocycles. The molecule has 1 heterocycles. The molecule has 1 aromatic heterocycles. The standard InChI is InChI=1S/C21H25N3O3/c1-13-19(14(2)27-23-13)11-20(25)24(18-9-10-18)12-15-3-5-16(6-4-15)21(26)22-17-7-8-17/h3-6,17-18H,7-12H2,1-2H3,(H,22,26). The van der Waals surface area contributed by atoms with Crippen molar-refractivity contribution < 1.29 is 14.1 Å². The fraction of sp³-hybridized carbons (Fsp3) is 0.476. The molecule has 2 aliphatic rings. The Morgan fingerprint density at radius 1 is 1.15 bits per heavy atom. The van der Waals surface area contributed by atoms with Crippen LogP contribution in [0, 0.1) is 13.8 Å². The summed E-state index contributed by atoms with van der Waals surface area (Å²) in [5.41, 5.74) is 3.38. The first-order chi connectivity index (χ1) is 13.0. The van der Waals surface area contributed by atoms with E-state index >= 15 is 0 Å². The van der Waals surface area contributed by atoms with Gasteiger partial charge in [0.25, 0.3) is 5.91 Å². The SMILES string of the molecule is Cc1noc(C)c1CC(=O)N(Cc1ccc(C(=O)NC2CC2)cc1)C1CC1. The van der Waals surface area contributed by atoms with Crippen LogP contribution >= 0.6 is 0 Å². The van der Waals surface area contributed by atoms with Crippen LogP contribution in [0.2, 0.25) is 0 Å². The van der Waals surface area contributed by atoms with Gasteiger partial charge in [0, 0.05) is 29.8 Å². The van der Waals surface area contributed by atoms with Gasteiger partial charge in [0.2, 0.25) is 5.91 Å². The number of carbonyl (C=O) groups is 2. The third-order valence-electron chi connectivity index (χ3n) is 5.30. The summed E-state index contributed by atoms with van der Waals surface area (Å²) in [6, 6.07) is 8.24. The summed E-state index contributed by atoms with van der Waals surface area (Å²) in [7, 11) is 0. The molecule has 0 spiro atoms. The molecule has 6 nitrogen and oxygen atoms in total. The Hall–Kier alpha value is -2.63. The highest BCUT2D eigenvalue weighted by Crippen LogP contribution is 2.29. The number of nitrogens with one attached hydrogen (secondary N) is 1. The van der Waals surface area contributed by atoms with Gasteiger partial charge >= 0.3 is 0 Å². The normalized spacial score (nSPS) is 16.2. The number of aromatic nitrogens is 1. The molecule has 142 valence electrons. The topological polar surface area (TPSA) is 75.4 Å². The Balaban J connectivity index is 1.42. The van der Waals surface area contributed by atoms with Crippen molar-refractivity contribution in [3.05, 3.63) is 52.4 Å². The lowest BCUT2D eigenvalue weighted by atomic mass is 10.1. The molecule has 2 saturated carbocycles. The molecule has 0 bridgehead atoms. The quantitative estimate of drug-likeness (QED) is 0.816. The number of benzene rings is 1. The summed E-state index contributed by atoms with van der Waals surface area (Å²) in [6.45, 7) is 4.28. The highest BCUT2D eigenvalue weighted by molar-refractivity contribution is 5.94. The van der Waals surface area contributed by atoms with Crippen LogP contribution in [-0.4, -0.2) is 34.0 Å². The molecule has 2 amide bonds. The molecule has 27 heavy (non-hydrogen) atoms. The highest BCUT2D eigenvalue weighted by Gasteiger charge is 2.33. The predicted molar refractivity (Wildman–Crippen MR) is 100 cm³/mol. The number of amides is 2. The first-order valence-corrected chi connectivity index (χ1v) is 9.62. The maximum absolute atomic E-state index is 12.9. The van der Waals surface area contributed by atoms with E-state index in [2.05, 4.69) is 10.5 Å². The second kappa shape index (κ2) is 7.18. The smallest absolute Gasteiger partial charge is 0.251 e. The van der Waals surface area contributed by atoms with Gasteiger partial charge in [-0.15, -0.1) is 0 Å². The Morgan fingerprint density at radius 3 is 2.41 bits per heavy atom. The Labute approximate surface area is 158 Å². The lowest BCUT2D eigenvalue weighted by molar-refractivity contribution is -0.131. The number of rotatable bonds is 7. The summed E-state index contributed by atoms with van der Waals surface area (Å²) in [4.78, 5) is 27.0. The molecular weight excluding hydrogens is 342 g/mol. The van der Waals surface area contributed by atoms with E-state index < -0.39 is 0 Å². The molecule has 0 saturated heterocycles. The van der Waals surface area contributed by atoms with E-state index in [-0.39, 0.29) is 11.8 Å². The minimum absolute atomic E-state index is 0.0161. The Bertz CT molecular complexity index is 829. The van der Waals surface area contributed by atoms with Crippen LogP contribution in [0.1, 0.15) is 58.6 Å². The zero-order valence-corrected chi connectivity index (χ0v) is 15.8. The van der Waals surface area contributed by atoms with Gasteiger partial charge in [-0.3, -0.25) is 9.59 Å². The maximum atomic E-state index is 12.9. The van der Waals surface area contributed by atoms with Crippen molar-refractivity contribution in [3.8, 4) is 0 Å². The highest BCUT2D eigenvalue weighted by atomic mass is 16.5. The first kappa shape index (κ1) is 17.8. The van der Waals surface area contributed by atoms with Gasteiger partial charge in [0.1, 0.15) is 5.76 Å². The molecule has 2 aliphatic carbocycles. The molecular formula is C21H25N3O3. The summed E-state index contributed by atoms with van der Waals surface area (Å²) < 4.78 is 5.18. The molecule has 2 aromatic rings. The third-order valence-corrected chi connectivity index (χ3v) is 5.30. The minimum Gasteiger partial charge on any atom is -0.361 e. The molecule has 6 heteroatoms. The van der Waals surface area contributed by atoms with E-state index in [0.29, 0.717) is 36.4 Å². The summed E-state index contributed by atoms with van der Waals surface area (Å²) in [6.07, 6.45) is 4.57. The van der Waals surface area contributed by atoms with Gasteiger partial charge in [-0.05, 0) is 57.2 Å². The Kier molecular flexibility index (Phi) is 4.72. The van der Waals surface area contributed by atoms with Crippen molar-refractivity contribution in [1.82, 2.24) is 15.4 Å². The zero-order valence-electron chi connectivity index (χ0n) is 15.8. The Morgan fingerprint density at radius 2 is 1.85 bits per heavy atom. The summed E-state index contributed by atoms with van der Waals surface area (Å²) >= 11 is 0. The van der Waals surface area contributed by atoms with Gasteiger partial charge < -0.3 is 14.7 Å². The van der Waals surface area contributed by atoms with Gasteiger partial charge in [-0.1, -0.05) is 17.3 Å². The van der Waals surface area contributed by atoms with E-state index in [1.54, 1.807) is 0 Å². The van der Waals surface area contributed by atoms with Crippen LogP contribution in [0.3, 0.4) is 0 Å². The molecule has 0 unspecified atom stereocenters. The first-order valence-electron chi connectivity index (χ1n) is 9.62. The minimum atomic E-state index is -0.0161. The molecule has 4 rings (SSSR count). The number of nitrogens with zero attached hydrogens (tertiary/aromatic N) is 2. The van der Waals surface area contributed by atoms with E-state index in [1.807, 2.05) is 43.0 Å². The van der Waals surface area contributed by atoms with E-state index in [0.717, 1.165) is 42.5 Å². The van der Waals surface area contributed by atoms with Crippen molar-refractivity contribution in [2.24, 2.45) is 0 Å². The second-order valence-electron chi connectivity index (χ2n) is 7.68. The monoisotopic (exact) mass is 367 g/mol. The zero-order chi connectivity index (χ0) is 19.0. The number of carbonyl (C=O) groups excluding carboxylic acids is 2. The molecule has 1 N–H and O–H groups in total. The van der Waals surface area contributed by atoms with Gasteiger partial charge in [-0.25, -0.2) is 0 Å². The molecule has 2 fully saturated rings. The largest absolute Gasteiger partial charge is 0.361 e. The van der Waals surface area contributed by atoms with Crippen LogP contribution in [0.25, 0.3) is 0 Å². The van der Waals surface area contributed by atoms with E-state index in [4.69, 9.17) is 4.52 Å². The lowest BCUT2D eigenvalue weighted by Crippen LogP contribution is -2.34. The second-order valence-corrected chi connectivity index (χ2v) is 7.68. The van der Waals surface area contributed by atoms with Crippen molar-refractivity contribution >= 4 is 11.8 Å². The average molecular weight is 367 g/mol. The van der Waals surface area contributed by atoms with Crippen LogP contribution in [-0.2, 0) is 17.8 Å². The van der Waals surface area contributed by atoms with Crippen molar-refractivity contribution in [2.75, 3.05) is 0 Å². The van der Waals surface area contributed by atoms with Crippen LogP contribution < -0.4 is 5.32 Å². The van der Waals surface area contributed by atoms with Crippen molar-refractivity contribution in [2.45, 2.75) is 64.6 Å². The van der Waals surface area contributed by atoms with Crippen LogP contribution in [0.15, 0.2) is 28.8 Å². The average Bonchev–Trinajstić information content (AvgIpc) is 3.57. The number of hydrogen-bond donors (Lipinski definition) is 1. The van der Waals surface area contributed by atoms with Crippen molar-refractivity contribution in [3.63, 3.8) is 0 Å². The van der Waals surface area contributed by atoms with Crippen molar-refractivity contribution in [1.29, 1.82) is 0 Å². The fourth-order valence-corrected chi connectivity index (χ4v) is 3.27. The molecule has 0 aliphatic heterocycles. The molecule has 0 atom stereocenters. The van der Waals surface area contributed by atoms with E-state index in [1.165, 1.54) is 0 Å². The predicted octanol–water partition coefficient (Wildman–Crippen LogP) is 2.92. The summed E-state index contributed by atoms with van der Waals surface area (Å²) in [5, 5.41) is 6.93. The molecule has 0 radical (unpaired) electrons. The van der Waals surface area contributed by atoms with Gasteiger partial charge in [0.05, 0.1) is 12.1 Å². The van der Waals surface area contributed by atoms with Gasteiger partial charge in [-0.2, -0.15) is 0 Å². The number of hydrogen-bond acceptors (Lipinski definition) is 4. The lowest BCUT2D eigenvalue weighted by Gasteiger charge is -2.23. The third kappa shape index (κ3) is 4.21. The van der Waals surface area contributed by atoms with Crippen LogP contribution in [0.4, 0.5) is 0 Å². The fourth-order valence-electron chi connectivity index (χ4n) is 3.27.